The third-order valence-electron chi connectivity index (χ3n) is 2.99. The zero-order valence-electron chi connectivity index (χ0n) is 11.2. The Morgan fingerprint density at radius 3 is 2.47 bits per heavy atom. The second-order valence-corrected chi connectivity index (χ2v) is 4.98. The minimum Gasteiger partial charge on any atom is -0.496 e. The Labute approximate surface area is 119 Å². The molecular weight excluding hydrogens is 258 g/mol. The molecule has 0 amide bonds. The average molecular weight is 276 g/mol. The highest BCUT2D eigenvalue weighted by atomic mass is 35.5. The molecule has 1 N–H and O–H groups in total. The summed E-state index contributed by atoms with van der Waals surface area (Å²) in [6, 6.07) is 14.1. The molecule has 2 aromatic rings. The van der Waals surface area contributed by atoms with Crippen LogP contribution in [-0.2, 0) is 13.1 Å². The zero-order valence-corrected chi connectivity index (χ0v) is 12.0. The first kappa shape index (κ1) is 13.9. The zero-order chi connectivity index (χ0) is 13.7. The number of aryl methyl sites for hydroxylation is 1. The lowest BCUT2D eigenvalue weighted by molar-refractivity contribution is 0.407. The summed E-state index contributed by atoms with van der Waals surface area (Å²) in [5.74, 6) is 0.925. The normalized spacial score (nSPS) is 10.5. The van der Waals surface area contributed by atoms with Gasteiger partial charge in [-0.2, -0.15) is 0 Å². The van der Waals surface area contributed by atoms with E-state index in [-0.39, 0.29) is 0 Å². The van der Waals surface area contributed by atoms with Crippen LogP contribution < -0.4 is 10.1 Å². The van der Waals surface area contributed by atoms with Gasteiger partial charge < -0.3 is 10.1 Å². The first-order chi connectivity index (χ1) is 9.19. The van der Waals surface area contributed by atoms with Crippen molar-refractivity contribution in [3.63, 3.8) is 0 Å². The number of rotatable bonds is 5. The van der Waals surface area contributed by atoms with Gasteiger partial charge in [-0.1, -0.05) is 41.4 Å². The predicted molar refractivity (Wildman–Crippen MR) is 79.7 cm³/mol. The molecule has 100 valence electrons. The molecule has 0 aliphatic rings. The van der Waals surface area contributed by atoms with Crippen LogP contribution in [-0.4, -0.2) is 7.11 Å². The smallest absolute Gasteiger partial charge is 0.123 e. The van der Waals surface area contributed by atoms with E-state index < -0.39 is 0 Å². The standard InChI is InChI=1S/C16H18ClNO/c1-12-3-8-16(19-2)14(9-12)11-18-10-13-4-6-15(17)7-5-13/h3-9,18H,10-11H2,1-2H3. The van der Waals surface area contributed by atoms with E-state index >= 15 is 0 Å². The molecule has 2 nitrogen and oxygen atoms in total. The van der Waals surface area contributed by atoms with Gasteiger partial charge in [0.1, 0.15) is 5.75 Å². The monoisotopic (exact) mass is 275 g/mol. The summed E-state index contributed by atoms with van der Waals surface area (Å²) in [6.45, 7) is 3.68. The summed E-state index contributed by atoms with van der Waals surface area (Å²) < 4.78 is 5.36. The van der Waals surface area contributed by atoms with Crippen molar-refractivity contribution in [3.8, 4) is 5.75 Å². The Morgan fingerprint density at radius 2 is 1.79 bits per heavy atom. The summed E-state index contributed by atoms with van der Waals surface area (Å²) in [6.07, 6.45) is 0. The highest BCUT2D eigenvalue weighted by Crippen LogP contribution is 2.19. The Hall–Kier alpha value is -1.51. The minimum absolute atomic E-state index is 0.768. The highest BCUT2D eigenvalue weighted by Gasteiger charge is 2.02. The number of hydrogen-bond acceptors (Lipinski definition) is 2. The number of methoxy groups -OCH3 is 1. The molecule has 19 heavy (non-hydrogen) atoms. The van der Waals surface area contributed by atoms with Crippen LogP contribution >= 0.6 is 11.6 Å². The average Bonchev–Trinajstić information content (AvgIpc) is 2.41. The van der Waals surface area contributed by atoms with E-state index in [2.05, 4.69) is 24.4 Å². The molecule has 0 unspecified atom stereocenters. The van der Waals surface area contributed by atoms with Gasteiger partial charge >= 0.3 is 0 Å². The molecule has 0 aromatic heterocycles. The van der Waals surface area contributed by atoms with Crippen LogP contribution in [0.1, 0.15) is 16.7 Å². The van der Waals surface area contributed by atoms with E-state index in [9.17, 15) is 0 Å². The van der Waals surface area contributed by atoms with Crippen molar-refractivity contribution < 1.29 is 4.74 Å². The number of ether oxygens (including phenoxy) is 1. The lowest BCUT2D eigenvalue weighted by Gasteiger charge is -2.10. The summed E-state index contributed by atoms with van der Waals surface area (Å²) in [5, 5.41) is 4.18. The maximum Gasteiger partial charge on any atom is 0.123 e. The summed E-state index contributed by atoms with van der Waals surface area (Å²) >= 11 is 5.86. The fraction of sp³-hybridized carbons (Fsp3) is 0.250. The highest BCUT2D eigenvalue weighted by molar-refractivity contribution is 6.30. The number of halogens is 1. The van der Waals surface area contributed by atoms with Gasteiger partial charge in [-0.15, -0.1) is 0 Å². The summed E-state index contributed by atoms with van der Waals surface area (Å²) in [7, 11) is 1.70. The van der Waals surface area contributed by atoms with Crippen LogP contribution in [0, 0.1) is 6.92 Å². The van der Waals surface area contributed by atoms with Crippen LogP contribution in [0.25, 0.3) is 0 Å². The first-order valence-electron chi connectivity index (χ1n) is 6.27. The molecular formula is C16H18ClNO. The molecule has 0 atom stereocenters. The topological polar surface area (TPSA) is 21.3 Å². The first-order valence-corrected chi connectivity index (χ1v) is 6.65. The predicted octanol–water partition coefficient (Wildman–Crippen LogP) is 3.95. The van der Waals surface area contributed by atoms with Crippen LogP contribution in [0.3, 0.4) is 0 Å². The molecule has 2 aromatic carbocycles. The van der Waals surface area contributed by atoms with Gasteiger partial charge in [0.05, 0.1) is 7.11 Å². The Balaban J connectivity index is 1.95. The molecule has 0 aliphatic carbocycles. The van der Waals surface area contributed by atoms with E-state index in [1.54, 1.807) is 7.11 Å². The van der Waals surface area contributed by atoms with Crippen molar-refractivity contribution in [2.45, 2.75) is 20.0 Å². The van der Waals surface area contributed by atoms with Gasteiger partial charge in [-0.3, -0.25) is 0 Å². The lowest BCUT2D eigenvalue weighted by atomic mass is 10.1. The van der Waals surface area contributed by atoms with Crippen LogP contribution in [0.5, 0.6) is 5.75 Å². The van der Waals surface area contributed by atoms with E-state index in [0.717, 1.165) is 23.9 Å². The minimum atomic E-state index is 0.768. The molecule has 0 fully saturated rings. The Kier molecular flexibility index (Phi) is 4.83. The molecule has 3 heteroatoms. The van der Waals surface area contributed by atoms with Crippen molar-refractivity contribution in [1.82, 2.24) is 5.32 Å². The molecule has 0 saturated carbocycles. The fourth-order valence-electron chi connectivity index (χ4n) is 1.99. The van der Waals surface area contributed by atoms with Gasteiger partial charge in [0, 0.05) is 23.7 Å². The molecule has 0 radical (unpaired) electrons. The number of benzene rings is 2. The van der Waals surface area contributed by atoms with Gasteiger partial charge in [-0.25, -0.2) is 0 Å². The largest absolute Gasteiger partial charge is 0.496 e. The van der Waals surface area contributed by atoms with Crippen molar-refractivity contribution >= 4 is 11.6 Å². The van der Waals surface area contributed by atoms with E-state index in [4.69, 9.17) is 16.3 Å². The van der Waals surface area contributed by atoms with Crippen molar-refractivity contribution in [3.05, 3.63) is 64.2 Å². The van der Waals surface area contributed by atoms with Crippen molar-refractivity contribution in [1.29, 1.82) is 0 Å². The quantitative estimate of drug-likeness (QED) is 0.892. The molecule has 0 saturated heterocycles. The van der Waals surface area contributed by atoms with E-state index in [1.165, 1.54) is 16.7 Å². The maximum absolute atomic E-state index is 5.86. The molecule has 2 rings (SSSR count). The summed E-state index contributed by atoms with van der Waals surface area (Å²) in [5.41, 5.74) is 3.64. The SMILES string of the molecule is COc1ccc(C)cc1CNCc1ccc(Cl)cc1. The fourth-order valence-corrected chi connectivity index (χ4v) is 2.12. The Morgan fingerprint density at radius 1 is 1.05 bits per heavy atom. The van der Waals surface area contributed by atoms with Gasteiger partial charge in [-0.05, 0) is 30.7 Å². The van der Waals surface area contributed by atoms with Crippen molar-refractivity contribution in [2.24, 2.45) is 0 Å². The number of nitrogens with one attached hydrogen (secondary N) is 1. The molecule has 0 bridgehead atoms. The van der Waals surface area contributed by atoms with E-state index in [1.807, 2.05) is 30.3 Å². The second-order valence-electron chi connectivity index (χ2n) is 4.55. The molecule has 0 spiro atoms. The number of hydrogen-bond donors (Lipinski definition) is 1. The molecule has 0 aliphatic heterocycles. The summed E-state index contributed by atoms with van der Waals surface area (Å²) in [4.78, 5) is 0. The molecule has 0 heterocycles. The van der Waals surface area contributed by atoms with Crippen LogP contribution in [0.15, 0.2) is 42.5 Å². The van der Waals surface area contributed by atoms with E-state index in [0.29, 0.717) is 0 Å². The Bertz CT molecular complexity index is 537. The third kappa shape index (κ3) is 3.98. The van der Waals surface area contributed by atoms with Crippen LogP contribution in [0.4, 0.5) is 0 Å². The van der Waals surface area contributed by atoms with Gasteiger partial charge in [0.25, 0.3) is 0 Å². The van der Waals surface area contributed by atoms with Gasteiger partial charge in [0.15, 0.2) is 0 Å². The third-order valence-corrected chi connectivity index (χ3v) is 3.25. The second kappa shape index (κ2) is 6.60. The van der Waals surface area contributed by atoms with Crippen molar-refractivity contribution in [2.75, 3.05) is 7.11 Å². The lowest BCUT2D eigenvalue weighted by Crippen LogP contribution is -2.13. The van der Waals surface area contributed by atoms with Crippen LogP contribution in [0.2, 0.25) is 5.02 Å². The maximum atomic E-state index is 5.86. The van der Waals surface area contributed by atoms with Gasteiger partial charge in [0.2, 0.25) is 0 Å².